The van der Waals surface area contributed by atoms with Gasteiger partial charge in [0, 0.05) is 13.1 Å². The third-order valence-corrected chi connectivity index (χ3v) is 3.52. The molecule has 1 aliphatic heterocycles. The molecule has 19 heavy (non-hydrogen) atoms. The van der Waals surface area contributed by atoms with Crippen LogP contribution < -0.4 is 10.6 Å². The quantitative estimate of drug-likeness (QED) is 0.769. The number of β-amino-alcohol motifs (C(OH)–C–C–N with tert-alkyl or cyclic N) is 1. The maximum Gasteiger partial charge on any atom is 0.237 e. The fourth-order valence-electron chi connectivity index (χ4n) is 1.88. The fraction of sp³-hybridized carbons (Fsp3) is 0.417. The van der Waals surface area contributed by atoms with E-state index in [9.17, 15) is 14.3 Å². The average Bonchev–Trinajstić information content (AvgIpc) is 2.77. The molecular weight excluding hydrogens is 338 g/mol. The van der Waals surface area contributed by atoms with Crippen LogP contribution in [-0.2, 0) is 11.3 Å². The van der Waals surface area contributed by atoms with E-state index < -0.39 is 6.10 Å². The van der Waals surface area contributed by atoms with Gasteiger partial charge in [0.15, 0.2) is 0 Å². The lowest BCUT2D eigenvalue weighted by atomic mass is 10.2. The molecule has 2 rings (SSSR count). The van der Waals surface area contributed by atoms with Gasteiger partial charge in [0.1, 0.15) is 5.82 Å². The minimum Gasteiger partial charge on any atom is -0.392 e. The fourth-order valence-corrected chi connectivity index (χ4v) is 2.13. The predicted molar refractivity (Wildman–Crippen MR) is 75.6 cm³/mol. The smallest absolute Gasteiger partial charge is 0.237 e. The third kappa shape index (κ3) is 4.42. The molecule has 0 radical (unpaired) electrons. The molecule has 1 amide bonds. The number of benzene rings is 1. The van der Waals surface area contributed by atoms with Gasteiger partial charge in [-0.1, -0.05) is 6.07 Å². The van der Waals surface area contributed by atoms with Crippen LogP contribution in [0.2, 0.25) is 0 Å². The lowest BCUT2D eigenvalue weighted by Crippen LogP contribution is -2.40. The molecule has 7 heteroatoms. The molecule has 1 heterocycles. The highest BCUT2D eigenvalue weighted by atomic mass is 79.9. The lowest BCUT2D eigenvalue weighted by molar-refractivity contribution is -0.123. The molecule has 1 saturated heterocycles. The Labute approximate surface area is 125 Å². The number of halogens is 3. The van der Waals surface area contributed by atoms with E-state index in [2.05, 4.69) is 26.6 Å². The summed E-state index contributed by atoms with van der Waals surface area (Å²) in [6.07, 6.45) is -0.0496. The van der Waals surface area contributed by atoms with E-state index in [4.69, 9.17) is 0 Å². The van der Waals surface area contributed by atoms with Crippen LogP contribution >= 0.6 is 28.3 Å². The molecule has 2 unspecified atom stereocenters. The van der Waals surface area contributed by atoms with Crippen molar-refractivity contribution >= 4 is 34.2 Å². The number of carbonyl (C=O) groups is 1. The summed E-state index contributed by atoms with van der Waals surface area (Å²) in [5.74, 6) is -0.522. The summed E-state index contributed by atoms with van der Waals surface area (Å²) in [6, 6.07) is 4.36. The Morgan fingerprint density at radius 1 is 1.58 bits per heavy atom. The van der Waals surface area contributed by atoms with Crippen LogP contribution in [0.15, 0.2) is 22.7 Å². The van der Waals surface area contributed by atoms with E-state index >= 15 is 0 Å². The van der Waals surface area contributed by atoms with E-state index in [1.54, 1.807) is 12.1 Å². The van der Waals surface area contributed by atoms with Gasteiger partial charge in [0.2, 0.25) is 5.91 Å². The summed E-state index contributed by atoms with van der Waals surface area (Å²) in [7, 11) is 0. The first-order valence-corrected chi connectivity index (χ1v) is 6.48. The Bertz CT molecular complexity index is 461. The van der Waals surface area contributed by atoms with E-state index in [1.807, 2.05) is 0 Å². The van der Waals surface area contributed by atoms with Gasteiger partial charge in [-0.2, -0.15) is 0 Å². The van der Waals surface area contributed by atoms with Crippen molar-refractivity contribution < 1.29 is 14.3 Å². The van der Waals surface area contributed by atoms with Gasteiger partial charge in [-0.05, 0) is 40.0 Å². The number of hydrogen-bond acceptors (Lipinski definition) is 3. The third-order valence-electron chi connectivity index (χ3n) is 2.87. The summed E-state index contributed by atoms with van der Waals surface area (Å²) >= 11 is 3.07. The zero-order valence-corrected chi connectivity index (χ0v) is 12.4. The number of carbonyl (C=O) groups excluding carboxylic acids is 1. The Morgan fingerprint density at radius 2 is 2.32 bits per heavy atom. The second-order valence-corrected chi connectivity index (χ2v) is 5.17. The molecule has 4 nitrogen and oxygen atoms in total. The molecule has 0 bridgehead atoms. The topological polar surface area (TPSA) is 61.4 Å². The van der Waals surface area contributed by atoms with Gasteiger partial charge < -0.3 is 15.7 Å². The van der Waals surface area contributed by atoms with Crippen molar-refractivity contribution in [3.8, 4) is 0 Å². The molecule has 0 aromatic heterocycles. The number of aliphatic hydroxyl groups is 1. The molecule has 2 atom stereocenters. The summed E-state index contributed by atoms with van der Waals surface area (Å²) in [5.41, 5.74) is 0.697. The summed E-state index contributed by atoms with van der Waals surface area (Å²) in [5, 5.41) is 14.9. The van der Waals surface area contributed by atoms with E-state index in [0.717, 1.165) is 0 Å². The Hall–Kier alpha value is -0.690. The first-order chi connectivity index (χ1) is 8.56. The Morgan fingerprint density at radius 3 is 2.89 bits per heavy atom. The number of hydrogen-bond donors (Lipinski definition) is 3. The van der Waals surface area contributed by atoms with Crippen molar-refractivity contribution in [3.05, 3.63) is 34.1 Å². The summed E-state index contributed by atoms with van der Waals surface area (Å²) in [6.45, 7) is 0.711. The van der Waals surface area contributed by atoms with Gasteiger partial charge >= 0.3 is 0 Å². The highest BCUT2D eigenvalue weighted by Gasteiger charge is 2.27. The SMILES string of the molecule is Cl.O=C(NCc1ccc(Br)c(F)c1)C1CC(O)CN1. The normalized spacial score (nSPS) is 21.8. The van der Waals surface area contributed by atoms with Crippen LogP contribution in [-0.4, -0.2) is 29.7 Å². The second kappa shape index (κ2) is 7.19. The van der Waals surface area contributed by atoms with Crippen LogP contribution in [0.1, 0.15) is 12.0 Å². The predicted octanol–water partition coefficient (Wildman–Crippen LogP) is 1.35. The van der Waals surface area contributed by atoms with Crippen molar-refractivity contribution in [2.75, 3.05) is 6.54 Å². The molecular formula is C12H15BrClFN2O2. The minimum atomic E-state index is -0.467. The standard InChI is InChI=1S/C12H14BrFN2O2.ClH/c13-9-2-1-7(3-10(9)14)5-16-12(18)11-4-8(17)6-15-11;/h1-3,8,11,15,17H,4-6H2,(H,16,18);1H. The molecule has 1 fully saturated rings. The molecule has 0 spiro atoms. The van der Waals surface area contributed by atoms with E-state index in [-0.39, 0.29) is 36.7 Å². The van der Waals surface area contributed by atoms with Gasteiger partial charge in [0.25, 0.3) is 0 Å². The molecule has 0 aliphatic carbocycles. The van der Waals surface area contributed by atoms with Crippen molar-refractivity contribution in [1.82, 2.24) is 10.6 Å². The maximum absolute atomic E-state index is 13.3. The molecule has 3 N–H and O–H groups in total. The van der Waals surface area contributed by atoms with Crippen LogP contribution in [0.4, 0.5) is 4.39 Å². The first-order valence-electron chi connectivity index (χ1n) is 5.69. The maximum atomic E-state index is 13.3. The van der Waals surface area contributed by atoms with Crippen LogP contribution in [0, 0.1) is 5.82 Å². The zero-order valence-electron chi connectivity index (χ0n) is 10.0. The van der Waals surface area contributed by atoms with Crippen molar-refractivity contribution in [2.45, 2.75) is 25.1 Å². The van der Waals surface area contributed by atoms with E-state index in [0.29, 0.717) is 23.0 Å². The summed E-state index contributed by atoms with van der Waals surface area (Å²) < 4.78 is 13.7. The highest BCUT2D eigenvalue weighted by Crippen LogP contribution is 2.16. The number of amides is 1. The lowest BCUT2D eigenvalue weighted by Gasteiger charge is -2.11. The van der Waals surface area contributed by atoms with Gasteiger partial charge in [0.05, 0.1) is 16.6 Å². The summed E-state index contributed by atoms with van der Waals surface area (Å²) in [4.78, 5) is 11.7. The Kier molecular flexibility index (Phi) is 6.19. The van der Waals surface area contributed by atoms with Crippen molar-refractivity contribution in [3.63, 3.8) is 0 Å². The molecule has 0 saturated carbocycles. The number of aliphatic hydroxyl groups excluding tert-OH is 1. The van der Waals surface area contributed by atoms with Crippen molar-refractivity contribution in [1.29, 1.82) is 0 Å². The first kappa shape index (κ1) is 16.4. The molecule has 106 valence electrons. The van der Waals surface area contributed by atoms with Gasteiger partial charge in [-0.15, -0.1) is 12.4 Å². The number of nitrogens with one attached hydrogen (secondary N) is 2. The monoisotopic (exact) mass is 352 g/mol. The van der Waals surface area contributed by atoms with Crippen LogP contribution in [0.3, 0.4) is 0 Å². The zero-order chi connectivity index (χ0) is 13.1. The number of rotatable bonds is 3. The van der Waals surface area contributed by atoms with Crippen LogP contribution in [0.5, 0.6) is 0 Å². The molecule has 1 aliphatic rings. The Balaban J connectivity index is 0.00000180. The highest BCUT2D eigenvalue weighted by molar-refractivity contribution is 9.10. The molecule has 1 aromatic carbocycles. The largest absolute Gasteiger partial charge is 0.392 e. The van der Waals surface area contributed by atoms with Crippen molar-refractivity contribution in [2.24, 2.45) is 0 Å². The second-order valence-electron chi connectivity index (χ2n) is 4.32. The van der Waals surface area contributed by atoms with E-state index in [1.165, 1.54) is 6.07 Å². The van der Waals surface area contributed by atoms with Gasteiger partial charge in [-0.3, -0.25) is 4.79 Å². The molecule has 1 aromatic rings. The minimum absolute atomic E-state index is 0. The average molecular weight is 354 g/mol. The van der Waals surface area contributed by atoms with Gasteiger partial charge in [-0.25, -0.2) is 4.39 Å². The van der Waals surface area contributed by atoms with Crippen LogP contribution in [0.25, 0.3) is 0 Å².